The van der Waals surface area contributed by atoms with Crippen LogP contribution in [0.4, 0.5) is 4.79 Å². The molecule has 9 nitrogen and oxygen atoms in total. The minimum Gasteiger partial charge on any atom is -0.476 e. The van der Waals surface area contributed by atoms with Gasteiger partial charge in [-0.2, -0.15) is 0 Å². The molecular weight excluding hydrogens is 278 g/mol. The van der Waals surface area contributed by atoms with Crippen molar-refractivity contribution in [3.05, 3.63) is 11.9 Å². The third-order valence-electron chi connectivity index (χ3n) is 3.81. The fourth-order valence-corrected chi connectivity index (χ4v) is 2.44. The summed E-state index contributed by atoms with van der Waals surface area (Å²) in [5.41, 5.74) is -0.0975. The number of urea groups is 1. The molecule has 2 aliphatic rings. The number of amides is 2. The average molecular weight is 295 g/mol. The van der Waals surface area contributed by atoms with Crippen molar-refractivity contribution in [3.63, 3.8) is 0 Å². The summed E-state index contributed by atoms with van der Waals surface area (Å²) in [5.74, 6) is -1.11. The van der Waals surface area contributed by atoms with Gasteiger partial charge >= 0.3 is 12.0 Å². The van der Waals surface area contributed by atoms with Crippen molar-refractivity contribution in [2.24, 2.45) is 0 Å². The highest BCUT2D eigenvalue weighted by atomic mass is 16.4. The molecule has 1 aliphatic carbocycles. The van der Waals surface area contributed by atoms with Gasteiger partial charge < -0.3 is 20.0 Å². The molecule has 1 aliphatic heterocycles. The maximum Gasteiger partial charge on any atom is 0.358 e. The van der Waals surface area contributed by atoms with Crippen molar-refractivity contribution in [3.8, 4) is 0 Å². The highest BCUT2D eigenvalue weighted by Crippen LogP contribution is 2.30. The summed E-state index contributed by atoms with van der Waals surface area (Å²) in [7, 11) is 0. The predicted octanol–water partition coefficient (Wildman–Crippen LogP) is -0.590. The predicted molar refractivity (Wildman–Crippen MR) is 69.8 cm³/mol. The first kappa shape index (κ1) is 13.8. The number of rotatable bonds is 5. The summed E-state index contributed by atoms with van der Waals surface area (Å²) in [6.45, 7) is 1.29. The summed E-state index contributed by atoms with van der Waals surface area (Å²) in [6, 6.07) is 0.153. The first-order chi connectivity index (χ1) is 10.1. The fourth-order valence-electron chi connectivity index (χ4n) is 2.44. The lowest BCUT2D eigenvalue weighted by Gasteiger charge is -2.41. The molecule has 0 aromatic carbocycles. The molecule has 1 saturated carbocycles. The average Bonchev–Trinajstić information content (AvgIpc) is 3.11. The van der Waals surface area contributed by atoms with Gasteiger partial charge in [0.2, 0.25) is 0 Å². The Labute approximate surface area is 120 Å². The number of aliphatic hydroxyl groups is 1. The Morgan fingerprint density at radius 1 is 1.38 bits per heavy atom. The van der Waals surface area contributed by atoms with E-state index < -0.39 is 5.97 Å². The van der Waals surface area contributed by atoms with Crippen LogP contribution in [0.2, 0.25) is 0 Å². The number of carboxylic acid groups (broad SMARTS) is 1. The highest BCUT2D eigenvalue weighted by molar-refractivity contribution is 5.84. The Balaban J connectivity index is 1.56. The van der Waals surface area contributed by atoms with Gasteiger partial charge in [-0.25, -0.2) is 14.3 Å². The van der Waals surface area contributed by atoms with Crippen LogP contribution in [0.3, 0.4) is 0 Å². The molecule has 3 rings (SSSR count). The second-order valence-electron chi connectivity index (χ2n) is 5.38. The van der Waals surface area contributed by atoms with Crippen molar-refractivity contribution in [1.29, 1.82) is 0 Å². The second-order valence-corrected chi connectivity index (χ2v) is 5.38. The van der Waals surface area contributed by atoms with E-state index in [1.165, 1.54) is 10.9 Å². The van der Waals surface area contributed by atoms with Gasteiger partial charge in [0.05, 0.1) is 18.8 Å². The minimum atomic E-state index is -1.11. The summed E-state index contributed by atoms with van der Waals surface area (Å²) < 4.78 is 1.49. The Morgan fingerprint density at radius 3 is 2.62 bits per heavy atom. The molecule has 0 radical (unpaired) electrons. The van der Waals surface area contributed by atoms with Crippen LogP contribution in [0.1, 0.15) is 29.4 Å². The number of carboxylic acids is 1. The Bertz CT molecular complexity index is 550. The number of nitrogens with zero attached hydrogens (tertiary/aromatic N) is 5. The Hall–Kier alpha value is -2.16. The highest BCUT2D eigenvalue weighted by Gasteiger charge is 2.40. The third kappa shape index (κ3) is 2.68. The van der Waals surface area contributed by atoms with Gasteiger partial charge in [-0.1, -0.05) is 5.21 Å². The first-order valence-electron chi connectivity index (χ1n) is 6.91. The zero-order valence-corrected chi connectivity index (χ0v) is 11.4. The van der Waals surface area contributed by atoms with E-state index in [9.17, 15) is 9.59 Å². The number of aromatic carboxylic acids is 1. The van der Waals surface area contributed by atoms with Crippen molar-refractivity contribution in [2.75, 3.05) is 26.2 Å². The monoisotopic (exact) mass is 295 g/mol. The minimum absolute atomic E-state index is 0.0371. The first-order valence-corrected chi connectivity index (χ1v) is 6.91. The molecule has 2 amide bonds. The molecule has 2 fully saturated rings. The summed E-state index contributed by atoms with van der Waals surface area (Å²) in [4.78, 5) is 26.4. The number of aliphatic hydroxyl groups excluding tert-OH is 1. The lowest BCUT2D eigenvalue weighted by molar-refractivity contribution is 0.0689. The molecule has 114 valence electrons. The Kier molecular flexibility index (Phi) is 3.50. The van der Waals surface area contributed by atoms with Gasteiger partial charge in [-0.15, -0.1) is 5.10 Å². The summed E-state index contributed by atoms with van der Waals surface area (Å²) in [5, 5.41) is 25.2. The number of carbonyl (C=O) groups is 2. The van der Waals surface area contributed by atoms with E-state index in [0.29, 0.717) is 19.6 Å². The fraction of sp³-hybridized carbons (Fsp3) is 0.667. The van der Waals surface area contributed by atoms with Gasteiger partial charge in [-0.3, -0.25) is 0 Å². The molecule has 1 saturated heterocycles. The molecule has 2 N–H and O–H groups in total. The van der Waals surface area contributed by atoms with Gasteiger partial charge in [0.1, 0.15) is 0 Å². The lowest BCUT2D eigenvalue weighted by atomic mass is 10.1. The van der Waals surface area contributed by atoms with Crippen molar-refractivity contribution in [2.45, 2.75) is 24.9 Å². The van der Waals surface area contributed by atoms with Gasteiger partial charge in [0, 0.05) is 25.7 Å². The van der Waals surface area contributed by atoms with E-state index in [1.54, 1.807) is 9.80 Å². The zero-order valence-electron chi connectivity index (χ0n) is 11.4. The van der Waals surface area contributed by atoms with E-state index in [-0.39, 0.29) is 30.4 Å². The smallest absolute Gasteiger partial charge is 0.358 e. The topological polar surface area (TPSA) is 112 Å². The Morgan fingerprint density at radius 2 is 2.10 bits per heavy atom. The second kappa shape index (κ2) is 5.32. The van der Waals surface area contributed by atoms with Crippen molar-refractivity contribution in [1.82, 2.24) is 24.8 Å². The molecule has 1 aromatic heterocycles. The number of hydrogen-bond donors (Lipinski definition) is 2. The number of hydrogen-bond acceptors (Lipinski definition) is 5. The third-order valence-corrected chi connectivity index (χ3v) is 3.81. The van der Waals surface area contributed by atoms with Gasteiger partial charge in [0.15, 0.2) is 5.69 Å². The number of carbonyl (C=O) groups excluding carboxylic acids is 1. The maximum atomic E-state index is 12.3. The lowest BCUT2D eigenvalue weighted by Crippen LogP contribution is -2.56. The van der Waals surface area contributed by atoms with Crippen LogP contribution >= 0.6 is 0 Å². The van der Waals surface area contributed by atoms with Crippen LogP contribution in [0.15, 0.2) is 6.20 Å². The van der Waals surface area contributed by atoms with E-state index in [0.717, 1.165) is 12.8 Å². The summed E-state index contributed by atoms with van der Waals surface area (Å²) in [6.07, 6.45) is 3.36. The van der Waals surface area contributed by atoms with Gasteiger partial charge in [-0.05, 0) is 12.8 Å². The van der Waals surface area contributed by atoms with Crippen molar-refractivity contribution >= 4 is 12.0 Å². The quantitative estimate of drug-likeness (QED) is 0.751. The van der Waals surface area contributed by atoms with Crippen LogP contribution in [-0.4, -0.2) is 79.3 Å². The molecule has 2 heterocycles. The van der Waals surface area contributed by atoms with Crippen molar-refractivity contribution < 1.29 is 19.8 Å². The van der Waals surface area contributed by atoms with Crippen LogP contribution in [0, 0.1) is 0 Å². The normalized spacial score (nSPS) is 18.4. The van der Waals surface area contributed by atoms with E-state index in [4.69, 9.17) is 10.2 Å². The molecule has 9 heteroatoms. The van der Waals surface area contributed by atoms with Crippen LogP contribution in [0.25, 0.3) is 0 Å². The van der Waals surface area contributed by atoms with Crippen LogP contribution < -0.4 is 0 Å². The van der Waals surface area contributed by atoms with E-state index >= 15 is 0 Å². The maximum absolute atomic E-state index is 12.3. The molecule has 21 heavy (non-hydrogen) atoms. The van der Waals surface area contributed by atoms with Crippen LogP contribution in [0.5, 0.6) is 0 Å². The molecule has 0 bridgehead atoms. The zero-order chi connectivity index (χ0) is 15.0. The standard InChI is InChI=1S/C12H17N5O4/c18-4-3-16(8-1-2-8)12(21)15-5-9(6-15)17-7-10(11(19)20)13-14-17/h7-9,18H,1-6H2,(H,19,20). The molecular formula is C12H17N5O4. The molecule has 0 spiro atoms. The number of aromatic nitrogens is 3. The van der Waals surface area contributed by atoms with Gasteiger partial charge in [0.25, 0.3) is 0 Å². The largest absolute Gasteiger partial charge is 0.476 e. The molecule has 0 unspecified atom stereocenters. The number of likely N-dealkylation sites (tertiary alicyclic amines) is 1. The summed E-state index contributed by atoms with van der Waals surface area (Å²) >= 11 is 0. The molecule has 0 atom stereocenters. The van der Waals surface area contributed by atoms with Crippen LogP contribution in [-0.2, 0) is 0 Å². The van der Waals surface area contributed by atoms with E-state index in [1.807, 2.05) is 0 Å². The van der Waals surface area contributed by atoms with E-state index in [2.05, 4.69) is 10.3 Å². The SMILES string of the molecule is O=C(O)c1cn(C2CN(C(=O)N(CCO)C3CC3)C2)nn1. The molecule has 1 aromatic rings.